The lowest BCUT2D eigenvalue weighted by molar-refractivity contribution is -0.149. The molecule has 0 aliphatic heterocycles. The van der Waals surface area contributed by atoms with Gasteiger partial charge in [0.05, 0.1) is 12.7 Å². The molecule has 1 saturated carbocycles. The molecule has 1 N–H and O–H groups in total. The van der Waals surface area contributed by atoms with Gasteiger partial charge in [0, 0.05) is 12.5 Å². The number of esters is 2. The minimum atomic E-state index is -0.854. The molecule has 0 saturated heterocycles. The summed E-state index contributed by atoms with van der Waals surface area (Å²) >= 11 is 0. The molecular formula is C18H26O5. The minimum absolute atomic E-state index is 0.00263. The maximum Gasteiger partial charge on any atom is 0.333 e. The topological polar surface area (TPSA) is 72.8 Å². The van der Waals surface area contributed by atoms with Crippen LogP contribution in [-0.4, -0.2) is 35.9 Å². The van der Waals surface area contributed by atoms with E-state index in [9.17, 15) is 14.7 Å². The third kappa shape index (κ3) is 3.50. The quantitative estimate of drug-likeness (QED) is 0.491. The molecule has 5 nitrogen and oxygen atoms in total. The smallest absolute Gasteiger partial charge is 0.333 e. The SMILES string of the molecule is C=C(C(=O)OC)[C@@H]1CC[C@@](C)(O)[C@@H]2C[C@H](OC(C)=O)C(C)=C[C@H]21. The van der Waals surface area contributed by atoms with E-state index in [2.05, 4.69) is 6.58 Å². The van der Waals surface area contributed by atoms with Crippen LogP contribution in [0.4, 0.5) is 0 Å². The number of allylic oxidation sites excluding steroid dienone is 1. The van der Waals surface area contributed by atoms with E-state index in [-0.39, 0.29) is 29.8 Å². The number of fused-ring (bicyclic) bond motifs is 1. The predicted molar refractivity (Wildman–Crippen MR) is 85.4 cm³/mol. The third-order valence-electron chi connectivity index (χ3n) is 5.32. The first-order chi connectivity index (χ1) is 10.7. The molecule has 2 aliphatic rings. The second kappa shape index (κ2) is 6.48. The Hall–Kier alpha value is -1.62. The number of carbonyl (C=O) groups is 2. The van der Waals surface area contributed by atoms with Gasteiger partial charge in [-0.3, -0.25) is 4.79 Å². The first-order valence-electron chi connectivity index (χ1n) is 8.02. The molecule has 0 spiro atoms. The van der Waals surface area contributed by atoms with Crippen LogP contribution in [0.3, 0.4) is 0 Å². The van der Waals surface area contributed by atoms with Gasteiger partial charge >= 0.3 is 11.9 Å². The van der Waals surface area contributed by atoms with E-state index in [1.807, 2.05) is 19.9 Å². The molecule has 128 valence electrons. The molecule has 0 heterocycles. The van der Waals surface area contributed by atoms with Gasteiger partial charge in [0.15, 0.2) is 0 Å². The molecule has 0 radical (unpaired) electrons. The summed E-state index contributed by atoms with van der Waals surface area (Å²) in [5.41, 5.74) is 0.558. The maximum absolute atomic E-state index is 11.9. The molecule has 0 aromatic heterocycles. The van der Waals surface area contributed by atoms with Gasteiger partial charge in [-0.1, -0.05) is 12.7 Å². The first kappa shape index (κ1) is 17.7. The van der Waals surface area contributed by atoms with E-state index in [0.717, 1.165) is 5.57 Å². The normalized spacial score (nSPS) is 36.5. The lowest BCUT2D eigenvalue weighted by atomic mass is 9.59. The fraction of sp³-hybridized carbons (Fsp3) is 0.667. The standard InChI is InChI=1S/C18H26O5/c1-10-8-14-13(11(2)17(20)22-5)6-7-18(4,21)15(14)9-16(10)23-12(3)19/h8,13-16,21H,2,6-7,9H2,1,3-5H3/t13-,14-,15+,16-,18+/m0/s1. The number of carbonyl (C=O) groups excluding carboxylic acids is 2. The van der Waals surface area contributed by atoms with Crippen LogP contribution in [0.25, 0.3) is 0 Å². The first-order valence-corrected chi connectivity index (χ1v) is 8.02. The van der Waals surface area contributed by atoms with Crippen LogP contribution in [-0.2, 0) is 19.1 Å². The zero-order valence-corrected chi connectivity index (χ0v) is 14.3. The minimum Gasteiger partial charge on any atom is -0.466 e. The Balaban J connectivity index is 2.33. The Morgan fingerprint density at radius 1 is 1.43 bits per heavy atom. The summed E-state index contributed by atoms with van der Waals surface area (Å²) in [4.78, 5) is 23.2. The Labute approximate surface area is 137 Å². The average Bonchev–Trinajstić information content (AvgIpc) is 2.47. The van der Waals surface area contributed by atoms with Gasteiger partial charge in [-0.2, -0.15) is 0 Å². The zero-order valence-electron chi connectivity index (χ0n) is 14.3. The van der Waals surface area contributed by atoms with Crippen LogP contribution in [0.15, 0.2) is 23.8 Å². The second-order valence-electron chi connectivity index (χ2n) is 6.95. The number of rotatable bonds is 3. The number of hydrogen-bond acceptors (Lipinski definition) is 5. The molecule has 5 atom stereocenters. The van der Waals surface area contributed by atoms with Crippen molar-refractivity contribution in [3.05, 3.63) is 23.8 Å². The lowest BCUT2D eigenvalue weighted by Gasteiger charge is -2.49. The highest BCUT2D eigenvalue weighted by Gasteiger charge is 2.49. The van der Waals surface area contributed by atoms with Gasteiger partial charge in [0.1, 0.15) is 6.10 Å². The van der Waals surface area contributed by atoms with Crippen LogP contribution >= 0.6 is 0 Å². The van der Waals surface area contributed by atoms with Crippen molar-refractivity contribution in [2.24, 2.45) is 17.8 Å². The fourth-order valence-electron chi connectivity index (χ4n) is 4.02. The Morgan fingerprint density at radius 2 is 2.09 bits per heavy atom. The highest BCUT2D eigenvalue weighted by atomic mass is 16.5. The number of hydrogen-bond donors (Lipinski definition) is 1. The summed E-state index contributed by atoms with van der Waals surface area (Å²) in [5, 5.41) is 10.8. The van der Waals surface area contributed by atoms with Gasteiger partial charge in [-0.25, -0.2) is 4.79 Å². The predicted octanol–water partition coefficient (Wildman–Crippen LogP) is 2.39. The highest BCUT2D eigenvalue weighted by molar-refractivity contribution is 5.88. The molecule has 0 aromatic carbocycles. The van der Waals surface area contributed by atoms with E-state index in [1.165, 1.54) is 14.0 Å². The van der Waals surface area contributed by atoms with Crippen molar-refractivity contribution in [2.45, 2.75) is 51.7 Å². The Bertz CT molecular complexity index is 546. The summed E-state index contributed by atoms with van der Waals surface area (Å²) in [5.74, 6) is -0.871. The summed E-state index contributed by atoms with van der Waals surface area (Å²) in [6.45, 7) is 9.04. The van der Waals surface area contributed by atoms with Gasteiger partial charge < -0.3 is 14.6 Å². The molecular weight excluding hydrogens is 296 g/mol. The van der Waals surface area contributed by atoms with Crippen LogP contribution in [0.1, 0.15) is 40.0 Å². The molecule has 0 bridgehead atoms. The van der Waals surface area contributed by atoms with E-state index in [1.54, 1.807) is 0 Å². The maximum atomic E-state index is 11.9. The highest BCUT2D eigenvalue weighted by Crippen LogP contribution is 2.50. The third-order valence-corrected chi connectivity index (χ3v) is 5.32. The largest absolute Gasteiger partial charge is 0.466 e. The van der Waals surface area contributed by atoms with Gasteiger partial charge in [0.25, 0.3) is 0 Å². The van der Waals surface area contributed by atoms with Crippen molar-refractivity contribution in [1.29, 1.82) is 0 Å². The van der Waals surface area contributed by atoms with Gasteiger partial charge in [0.2, 0.25) is 0 Å². The van der Waals surface area contributed by atoms with Crippen molar-refractivity contribution < 1.29 is 24.2 Å². The number of aliphatic hydroxyl groups is 1. The molecule has 1 fully saturated rings. The Morgan fingerprint density at radius 3 is 2.65 bits per heavy atom. The summed E-state index contributed by atoms with van der Waals surface area (Å²) in [7, 11) is 1.35. The summed E-state index contributed by atoms with van der Waals surface area (Å²) < 4.78 is 10.2. The van der Waals surface area contributed by atoms with Gasteiger partial charge in [-0.05, 0) is 56.4 Å². The van der Waals surface area contributed by atoms with Crippen LogP contribution in [0.5, 0.6) is 0 Å². The zero-order chi connectivity index (χ0) is 17.4. The summed E-state index contributed by atoms with van der Waals surface area (Å²) in [6.07, 6.45) is 3.54. The monoisotopic (exact) mass is 322 g/mol. The molecule has 0 aromatic rings. The molecule has 2 aliphatic carbocycles. The van der Waals surface area contributed by atoms with E-state index in [0.29, 0.717) is 24.8 Å². The molecule has 5 heteroatoms. The van der Waals surface area contributed by atoms with Gasteiger partial charge in [-0.15, -0.1) is 0 Å². The molecule has 23 heavy (non-hydrogen) atoms. The Kier molecular flexibility index (Phi) is 4.99. The van der Waals surface area contributed by atoms with Crippen LogP contribution in [0, 0.1) is 17.8 Å². The number of ether oxygens (including phenoxy) is 2. The second-order valence-corrected chi connectivity index (χ2v) is 6.95. The van der Waals surface area contributed by atoms with Crippen molar-refractivity contribution in [3.8, 4) is 0 Å². The van der Waals surface area contributed by atoms with Crippen molar-refractivity contribution in [2.75, 3.05) is 7.11 Å². The fourth-order valence-corrected chi connectivity index (χ4v) is 4.02. The van der Waals surface area contributed by atoms with Crippen LogP contribution < -0.4 is 0 Å². The van der Waals surface area contributed by atoms with Crippen molar-refractivity contribution in [3.63, 3.8) is 0 Å². The summed E-state index contributed by atoms with van der Waals surface area (Å²) in [6, 6.07) is 0. The molecule has 0 amide bonds. The van der Waals surface area contributed by atoms with Crippen molar-refractivity contribution in [1.82, 2.24) is 0 Å². The molecule has 0 unspecified atom stereocenters. The van der Waals surface area contributed by atoms with E-state index in [4.69, 9.17) is 9.47 Å². The molecule has 2 rings (SSSR count). The van der Waals surface area contributed by atoms with E-state index < -0.39 is 11.6 Å². The number of methoxy groups -OCH3 is 1. The van der Waals surface area contributed by atoms with E-state index >= 15 is 0 Å². The van der Waals surface area contributed by atoms with Crippen molar-refractivity contribution >= 4 is 11.9 Å². The lowest BCUT2D eigenvalue weighted by Crippen LogP contribution is -2.50. The van der Waals surface area contributed by atoms with Crippen LogP contribution in [0.2, 0.25) is 0 Å². The average molecular weight is 322 g/mol.